The summed E-state index contributed by atoms with van der Waals surface area (Å²) in [5, 5.41) is 8.94. The van der Waals surface area contributed by atoms with Gasteiger partial charge in [0.05, 0.1) is 15.7 Å². The highest BCUT2D eigenvalue weighted by Crippen LogP contribution is 2.29. The summed E-state index contributed by atoms with van der Waals surface area (Å²) in [5.74, 6) is -1.73. The number of rotatable bonds is 4. The number of halogens is 2. The zero-order valence-corrected chi connectivity index (χ0v) is 12.4. The van der Waals surface area contributed by atoms with Gasteiger partial charge in [0.2, 0.25) is 0 Å². The fraction of sp³-hybridized carbons (Fsp3) is 0.133. The lowest BCUT2D eigenvalue weighted by Gasteiger charge is -2.21. The lowest BCUT2D eigenvalue weighted by molar-refractivity contribution is 0.0695. The van der Waals surface area contributed by atoms with Crippen LogP contribution in [0.2, 0.25) is 0 Å². The van der Waals surface area contributed by atoms with E-state index in [4.69, 9.17) is 5.11 Å². The van der Waals surface area contributed by atoms with Crippen molar-refractivity contribution in [1.82, 2.24) is 0 Å². The molecule has 0 saturated heterocycles. The van der Waals surface area contributed by atoms with Crippen LogP contribution in [0.5, 0.6) is 0 Å². The number of aromatic carboxylic acids is 1. The van der Waals surface area contributed by atoms with E-state index in [9.17, 15) is 9.18 Å². The largest absolute Gasteiger partial charge is 0.478 e. The van der Waals surface area contributed by atoms with E-state index in [2.05, 4.69) is 15.9 Å². The Hall–Kier alpha value is -1.88. The summed E-state index contributed by atoms with van der Waals surface area (Å²) in [4.78, 5) is 12.7. The van der Waals surface area contributed by atoms with Gasteiger partial charge in [0.25, 0.3) is 0 Å². The van der Waals surface area contributed by atoms with Gasteiger partial charge in [-0.2, -0.15) is 0 Å². The van der Waals surface area contributed by atoms with Crippen molar-refractivity contribution in [1.29, 1.82) is 0 Å². The van der Waals surface area contributed by atoms with E-state index in [0.717, 1.165) is 5.56 Å². The number of carboxylic acid groups (broad SMARTS) is 1. The molecule has 2 aromatic carbocycles. The molecule has 2 aromatic rings. The van der Waals surface area contributed by atoms with Gasteiger partial charge in [-0.15, -0.1) is 0 Å². The minimum atomic E-state index is -1.16. The average Bonchev–Trinajstić information content (AvgIpc) is 2.42. The number of carbonyl (C=O) groups is 1. The molecule has 0 aromatic heterocycles. The lowest BCUT2D eigenvalue weighted by Crippen LogP contribution is -2.18. The molecule has 0 atom stereocenters. The highest BCUT2D eigenvalue weighted by atomic mass is 79.9. The first-order chi connectivity index (χ1) is 9.50. The Morgan fingerprint density at radius 2 is 1.90 bits per heavy atom. The fourth-order valence-electron chi connectivity index (χ4n) is 1.94. The van der Waals surface area contributed by atoms with Gasteiger partial charge < -0.3 is 10.0 Å². The van der Waals surface area contributed by atoms with Gasteiger partial charge in [-0.3, -0.25) is 0 Å². The van der Waals surface area contributed by atoms with E-state index >= 15 is 0 Å². The van der Waals surface area contributed by atoms with Gasteiger partial charge >= 0.3 is 5.97 Å². The number of nitrogens with zero attached hydrogens (tertiary/aromatic N) is 1. The predicted octanol–water partition coefficient (Wildman–Crippen LogP) is 3.92. The SMILES string of the molecule is CN(Cc1ccccc1)c1ccc(C(=O)O)c(Br)c1F. The van der Waals surface area contributed by atoms with Gasteiger partial charge in [-0.25, -0.2) is 9.18 Å². The molecule has 0 aliphatic heterocycles. The maximum absolute atomic E-state index is 14.2. The first-order valence-corrected chi connectivity index (χ1v) is 6.76. The number of anilines is 1. The van der Waals surface area contributed by atoms with Crippen molar-refractivity contribution in [2.24, 2.45) is 0 Å². The van der Waals surface area contributed by atoms with Crippen LogP contribution < -0.4 is 4.90 Å². The highest BCUT2D eigenvalue weighted by molar-refractivity contribution is 9.10. The molecule has 1 N–H and O–H groups in total. The van der Waals surface area contributed by atoms with Gasteiger partial charge in [0, 0.05) is 13.6 Å². The van der Waals surface area contributed by atoms with E-state index in [1.165, 1.54) is 12.1 Å². The molecular formula is C15H13BrFNO2. The second-order valence-electron chi connectivity index (χ2n) is 4.41. The molecule has 0 unspecified atom stereocenters. The number of hydrogen-bond acceptors (Lipinski definition) is 2. The van der Waals surface area contributed by atoms with Crippen LogP contribution in [-0.2, 0) is 6.54 Å². The maximum Gasteiger partial charge on any atom is 0.336 e. The minimum absolute atomic E-state index is 0.0255. The third-order valence-corrected chi connectivity index (χ3v) is 3.74. The van der Waals surface area contributed by atoms with Crippen LogP contribution in [0.1, 0.15) is 15.9 Å². The topological polar surface area (TPSA) is 40.5 Å². The Balaban J connectivity index is 2.29. The Bertz CT molecular complexity index is 631. The van der Waals surface area contributed by atoms with Crippen molar-refractivity contribution in [3.05, 3.63) is 63.9 Å². The van der Waals surface area contributed by atoms with Crippen molar-refractivity contribution < 1.29 is 14.3 Å². The molecule has 0 bridgehead atoms. The van der Waals surface area contributed by atoms with Crippen LogP contribution >= 0.6 is 15.9 Å². The molecule has 104 valence electrons. The van der Waals surface area contributed by atoms with Crippen LogP contribution in [0.15, 0.2) is 46.9 Å². The first kappa shape index (κ1) is 14.5. The second-order valence-corrected chi connectivity index (χ2v) is 5.20. The van der Waals surface area contributed by atoms with Gasteiger partial charge in [-0.1, -0.05) is 30.3 Å². The van der Waals surface area contributed by atoms with Crippen molar-refractivity contribution in [2.45, 2.75) is 6.54 Å². The van der Waals surface area contributed by atoms with Gasteiger partial charge in [-0.05, 0) is 33.6 Å². The Kier molecular flexibility index (Phi) is 4.39. The number of benzene rings is 2. The van der Waals surface area contributed by atoms with E-state index < -0.39 is 11.8 Å². The normalized spacial score (nSPS) is 10.3. The van der Waals surface area contributed by atoms with Crippen LogP contribution in [0.3, 0.4) is 0 Å². The summed E-state index contributed by atoms with van der Waals surface area (Å²) in [6.45, 7) is 0.538. The minimum Gasteiger partial charge on any atom is -0.478 e. The summed E-state index contributed by atoms with van der Waals surface area (Å²) in [6, 6.07) is 12.5. The molecule has 0 fully saturated rings. The molecule has 0 aliphatic carbocycles. The third kappa shape index (κ3) is 2.99. The standard InChI is InChI=1S/C15H13BrFNO2/c1-18(9-10-5-3-2-4-6-10)12-8-7-11(15(19)20)13(16)14(12)17/h2-8H,9H2,1H3,(H,19,20). The summed E-state index contributed by atoms with van der Waals surface area (Å²) in [6.07, 6.45) is 0. The van der Waals surface area contributed by atoms with Crippen molar-refractivity contribution in [3.63, 3.8) is 0 Å². The van der Waals surface area contributed by atoms with Crippen LogP contribution in [0.25, 0.3) is 0 Å². The van der Waals surface area contributed by atoms with Gasteiger partial charge in [0.1, 0.15) is 0 Å². The van der Waals surface area contributed by atoms with Crippen molar-refractivity contribution in [2.75, 3.05) is 11.9 Å². The van der Waals surface area contributed by atoms with E-state index in [1.807, 2.05) is 30.3 Å². The van der Waals surface area contributed by atoms with E-state index in [1.54, 1.807) is 11.9 Å². The molecule has 0 spiro atoms. The zero-order valence-electron chi connectivity index (χ0n) is 10.8. The quantitative estimate of drug-likeness (QED) is 0.919. The molecule has 0 heterocycles. The smallest absolute Gasteiger partial charge is 0.336 e. The fourth-order valence-corrected chi connectivity index (χ4v) is 2.45. The van der Waals surface area contributed by atoms with Crippen LogP contribution in [0.4, 0.5) is 10.1 Å². The molecule has 0 radical (unpaired) electrons. The summed E-state index contributed by atoms with van der Waals surface area (Å²) in [7, 11) is 1.76. The maximum atomic E-state index is 14.2. The predicted molar refractivity (Wildman–Crippen MR) is 79.6 cm³/mol. The summed E-state index contributed by atoms with van der Waals surface area (Å²) in [5.41, 5.74) is 1.32. The number of carboxylic acids is 1. The molecule has 0 amide bonds. The monoisotopic (exact) mass is 337 g/mol. The van der Waals surface area contributed by atoms with E-state index in [0.29, 0.717) is 12.2 Å². The second kappa shape index (κ2) is 6.05. The van der Waals surface area contributed by atoms with Crippen molar-refractivity contribution >= 4 is 27.6 Å². The Morgan fingerprint density at radius 1 is 1.25 bits per heavy atom. The number of hydrogen-bond donors (Lipinski definition) is 1. The van der Waals surface area contributed by atoms with E-state index in [-0.39, 0.29) is 10.0 Å². The Morgan fingerprint density at radius 3 is 2.50 bits per heavy atom. The lowest BCUT2D eigenvalue weighted by atomic mass is 10.1. The molecule has 3 nitrogen and oxygen atoms in total. The molecule has 0 aliphatic rings. The Labute approximate surface area is 124 Å². The summed E-state index contributed by atoms with van der Waals surface area (Å²) >= 11 is 3.00. The molecule has 0 saturated carbocycles. The molecular weight excluding hydrogens is 325 g/mol. The highest BCUT2D eigenvalue weighted by Gasteiger charge is 2.17. The van der Waals surface area contributed by atoms with Crippen LogP contribution in [-0.4, -0.2) is 18.1 Å². The van der Waals surface area contributed by atoms with Crippen molar-refractivity contribution in [3.8, 4) is 0 Å². The average molecular weight is 338 g/mol. The zero-order chi connectivity index (χ0) is 14.7. The van der Waals surface area contributed by atoms with Gasteiger partial charge in [0.15, 0.2) is 5.82 Å². The third-order valence-electron chi connectivity index (χ3n) is 2.97. The first-order valence-electron chi connectivity index (χ1n) is 5.97. The molecule has 20 heavy (non-hydrogen) atoms. The molecule has 2 rings (SSSR count). The van der Waals surface area contributed by atoms with Crippen LogP contribution in [0, 0.1) is 5.82 Å². The summed E-state index contributed by atoms with van der Waals surface area (Å²) < 4.78 is 14.2. The molecule has 5 heteroatoms.